The minimum Gasteiger partial charge on any atom is -0.494 e. The normalized spacial score (nSPS) is 14.6. The van der Waals surface area contributed by atoms with E-state index in [-0.39, 0.29) is 11.7 Å². The monoisotopic (exact) mass is 329 g/mol. The Morgan fingerprint density at radius 1 is 1.12 bits per heavy atom. The van der Waals surface area contributed by atoms with Gasteiger partial charge >= 0.3 is 0 Å². The molecule has 126 valence electrons. The van der Waals surface area contributed by atoms with Gasteiger partial charge in [-0.25, -0.2) is 4.39 Å². The van der Waals surface area contributed by atoms with E-state index in [4.69, 9.17) is 10.5 Å². The standard InChI is InChI=1S/C18H20FN3O2/c1-24-17-12-13(19)6-7-16(17)21-8-10-22(11-9-21)18(23)14-4-2-3-5-15(14)20/h2-7,12H,8-11,20H2,1H3. The third-order valence-corrected chi connectivity index (χ3v) is 4.24. The Hall–Kier alpha value is -2.76. The average Bonchev–Trinajstić information content (AvgIpc) is 2.61. The lowest BCUT2D eigenvalue weighted by molar-refractivity contribution is 0.0748. The van der Waals surface area contributed by atoms with E-state index < -0.39 is 0 Å². The number of halogens is 1. The zero-order chi connectivity index (χ0) is 17.1. The lowest BCUT2D eigenvalue weighted by atomic mass is 10.1. The highest BCUT2D eigenvalue weighted by molar-refractivity contribution is 5.99. The Kier molecular flexibility index (Phi) is 4.55. The van der Waals surface area contributed by atoms with Gasteiger partial charge in [0.1, 0.15) is 11.6 Å². The van der Waals surface area contributed by atoms with Gasteiger partial charge in [-0.2, -0.15) is 0 Å². The van der Waals surface area contributed by atoms with Gasteiger partial charge < -0.3 is 20.3 Å². The highest BCUT2D eigenvalue weighted by Gasteiger charge is 2.24. The highest BCUT2D eigenvalue weighted by atomic mass is 19.1. The van der Waals surface area contributed by atoms with Crippen molar-refractivity contribution < 1.29 is 13.9 Å². The van der Waals surface area contributed by atoms with Crippen molar-refractivity contribution >= 4 is 17.3 Å². The van der Waals surface area contributed by atoms with Crippen LogP contribution in [0.3, 0.4) is 0 Å². The Morgan fingerprint density at radius 3 is 2.50 bits per heavy atom. The van der Waals surface area contributed by atoms with Crippen molar-refractivity contribution in [3.8, 4) is 5.75 Å². The highest BCUT2D eigenvalue weighted by Crippen LogP contribution is 2.30. The summed E-state index contributed by atoms with van der Waals surface area (Å²) in [6, 6.07) is 11.6. The molecule has 0 bridgehead atoms. The summed E-state index contributed by atoms with van der Waals surface area (Å²) < 4.78 is 18.6. The van der Waals surface area contributed by atoms with Gasteiger partial charge in [-0.05, 0) is 24.3 Å². The topological polar surface area (TPSA) is 58.8 Å². The molecule has 2 N–H and O–H groups in total. The van der Waals surface area contributed by atoms with Crippen molar-refractivity contribution in [3.63, 3.8) is 0 Å². The molecule has 1 aliphatic rings. The van der Waals surface area contributed by atoms with Crippen molar-refractivity contribution in [2.75, 3.05) is 43.9 Å². The first-order valence-corrected chi connectivity index (χ1v) is 7.82. The van der Waals surface area contributed by atoms with Crippen LogP contribution in [0.4, 0.5) is 15.8 Å². The molecule has 6 heteroatoms. The Balaban J connectivity index is 1.70. The van der Waals surface area contributed by atoms with Crippen LogP contribution in [0.25, 0.3) is 0 Å². The van der Waals surface area contributed by atoms with Crippen LogP contribution in [0, 0.1) is 5.82 Å². The van der Waals surface area contributed by atoms with E-state index in [0.717, 1.165) is 5.69 Å². The maximum absolute atomic E-state index is 13.3. The van der Waals surface area contributed by atoms with E-state index in [1.807, 2.05) is 12.1 Å². The fourth-order valence-electron chi connectivity index (χ4n) is 2.93. The fraction of sp³-hybridized carbons (Fsp3) is 0.278. The molecule has 0 radical (unpaired) electrons. The Labute approximate surface area is 140 Å². The number of nitrogens with zero attached hydrogens (tertiary/aromatic N) is 2. The maximum Gasteiger partial charge on any atom is 0.256 e. The number of nitrogens with two attached hydrogens (primary N) is 1. The van der Waals surface area contributed by atoms with Crippen LogP contribution in [0.5, 0.6) is 5.75 Å². The van der Waals surface area contributed by atoms with Crippen LogP contribution in [0.1, 0.15) is 10.4 Å². The second-order valence-electron chi connectivity index (χ2n) is 5.68. The number of carbonyl (C=O) groups is 1. The molecule has 0 saturated carbocycles. The van der Waals surface area contributed by atoms with Gasteiger partial charge in [-0.3, -0.25) is 4.79 Å². The first-order chi connectivity index (χ1) is 11.6. The number of benzene rings is 2. The van der Waals surface area contributed by atoms with Crippen molar-refractivity contribution in [2.45, 2.75) is 0 Å². The van der Waals surface area contributed by atoms with Crippen LogP contribution >= 0.6 is 0 Å². The zero-order valence-electron chi connectivity index (χ0n) is 13.5. The lowest BCUT2D eigenvalue weighted by Gasteiger charge is -2.36. The van der Waals surface area contributed by atoms with Gasteiger partial charge in [0.15, 0.2) is 0 Å². The molecule has 0 unspecified atom stereocenters. The summed E-state index contributed by atoms with van der Waals surface area (Å²) in [6.45, 7) is 2.46. The predicted molar refractivity (Wildman–Crippen MR) is 91.9 cm³/mol. The molecular formula is C18H20FN3O2. The van der Waals surface area contributed by atoms with E-state index in [2.05, 4.69) is 4.90 Å². The van der Waals surface area contributed by atoms with Crippen LogP contribution in [-0.4, -0.2) is 44.1 Å². The van der Waals surface area contributed by atoms with E-state index in [1.54, 1.807) is 23.1 Å². The largest absolute Gasteiger partial charge is 0.494 e. The van der Waals surface area contributed by atoms with E-state index in [9.17, 15) is 9.18 Å². The summed E-state index contributed by atoms with van der Waals surface area (Å²) >= 11 is 0. The molecule has 2 aromatic rings. The first kappa shape index (κ1) is 16.1. The van der Waals surface area contributed by atoms with E-state index >= 15 is 0 Å². The lowest BCUT2D eigenvalue weighted by Crippen LogP contribution is -2.49. The number of methoxy groups -OCH3 is 1. The summed E-state index contributed by atoms with van der Waals surface area (Å²) in [5.41, 5.74) is 7.75. The second kappa shape index (κ2) is 6.78. The van der Waals surface area contributed by atoms with Crippen molar-refractivity contribution in [1.82, 2.24) is 4.90 Å². The van der Waals surface area contributed by atoms with Crippen molar-refractivity contribution in [2.24, 2.45) is 0 Å². The van der Waals surface area contributed by atoms with Gasteiger partial charge in [0.2, 0.25) is 0 Å². The summed E-state index contributed by atoms with van der Waals surface area (Å²) in [5.74, 6) is 0.116. The fourth-order valence-corrected chi connectivity index (χ4v) is 2.93. The number of piperazine rings is 1. The van der Waals surface area contributed by atoms with Gasteiger partial charge in [0, 0.05) is 37.9 Å². The molecule has 24 heavy (non-hydrogen) atoms. The zero-order valence-corrected chi connectivity index (χ0v) is 13.5. The Bertz CT molecular complexity index is 743. The molecule has 0 atom stereocenters. The quantitative estimate of drug-likeness (QED) is 0.879. The number of carbonyl (C=O) groups excluding carboxylic acids is 1. The molecule has 0 aromatic heterocycles. The Morgan fingerprint density at radius 2 is 1.83 bits per heavy atom. The third kappa shape index (κ3) is 3.13. The smallest absolute Gasteiger partial charge is 0.256 e. The number of nitrogen functional groups attached to an aromatic ring is 1. The molecule has 1 fully saturated rings. The minimum absolute atomic E-state index is 0.0566. The van der Waals surface area contributed by atoms with Gasteiger partial charge in [0.05, 0.1) is 18.4 Å². The van der Waals surface area contributed by atoms with Crippen LogP contribution in [0.2, 0.25) is 0 Å². The number of ether oxygens (including phenoxy) is 1. The molecule has 1 heterocycles. The summed E-state index contributed by atoms with van der Waals surface area (Å²) in [6.07, 6.45) is 0. The maximum atomic E-state index is 13.3. The predicted octanol–water partition coefficient (Wildman–Crippen LogP) is 2.38. The molecule has 1 amide bonds. The molecule has 5 nitrogen and oxygen atoms in total. The summed E-state index contributed by atoms with van der Waals surface area (Å²) in [4.78, 5) is 16.5. The number of hydrogen-bond acceptors (Lipinski definition) is 4. The van der Waals surface area contributed by atoms with E-state index in [0.29, 0.717) is 43.2 Å². The summed E-state index contributed by atoms with van der Waals surface area (Å²) in [5, 5.41) is 0. The second-order valence-corrected chi connectivity index (χ2v) is 5.68. The van der Waals surface area contributed by atoms with Gasteiger partial charge in [-0.15, -0.1) is 0 Å². The van der Waals surface area contributed by atoms with Crippen molar-refractivity contribution in [1.29, 1.82) is 0 Å². The van der Waals surface area contributed by atoms with Crippen LogP contribution in [-0.2, 0) is 0 Å². The minimum atomic E-state index is -0.330. The van der Waals surface area contributed by atoms with Crippen LogP contribution in [0.15, 0.2) is 42.5 Å². The first-order valence-electron chi connectivity index (χ1n) is 7.82. The molecular weight excluding hydrogens is 309 g/mol. The molecule has 0 aliphatic carbocycles. The molecule has 0 spiro atoms. The SMILES string of the molecule is COc1cc(F)ccc1N1CCN(C(=O)c2ccccc2N)CC1. The molecule has 2 aromatic carbocycles. The number of para-hydroxylation sites is 1. The van der Waals surface area contributed by atoms with Crippen molar-refractivity contribution in [3.05, 3.63) is 53.8 Å². The van der Waals surface area contributed by atoms with Gasteiger partial charge in [0.25, 0.3) is 5.91 Å². The van der Waals surface area contributed by atoms with Crippen LogP contribution < -0.4 is 15.4 Å². The molecule has 1 saturated heterocycles. The number of anilines is 2. The number of rotatable bonds is 3. The number of amides is 1. The number of hydrogen-bond donors (Lipinski definition) is 1. The average molecular weight is 329 g/mol. The van der Waals surface area contributed by atoms with E-state index in [1.165, 1.54) is 19.2 Å². The molecule has 3 rings (SSSR count). The molecule has 1 aliphatic heterocycles. The third-order valence-electron chi connectivity index (χ3n) is 4.24. The van der Waals surface area contributed by atoms with Gasteiger partial charge in [-0.1, -0.05) is 12.1 Å². The summed E-state index contributed by atoms with van der Waals surface area (Å²) in [7, 11) is 1.52.